The van der Waals surface area contributed by atoms with Gasteiger partial charge in [0.1, 0.15) is 33.9 Å². The number of aliphatic hydroxyl groups is 1. The number of aryl methyl sites for hydroxylation is 1. The quantitative estimate of drug-likeness (QED) is 0.186. The lowest BCUT2D eigenvalue weighted by atomic mass is 10.00. The molecule has 0 unspecified atom stereocenters. The molecule has 43 heavy (non-hydrogen) atoms. The topological polar surface area (TPSA) is 108 Å². The summed E-state index contributed by atoms with van der Waals surface area (Å²) in [6, 6.07) is 15.2. The summed E-state index contributed by atoms with van der Waals surface area (Å²) in [6.07, 6.45) is -0.330. The van der Waals surface area contributed by atoms with E-state index in [1.54, 1.807) is 0 Å². The molecule has 0 aliphatic heterocycles. The van der Waals surface area contributed by atoms with Crippen molar-refractivity contribution in [1.82, 2.24) is 15.6 Å². The molecule has 228 valence electrons. The zero-order valence-electron chi connectivity index (χ0n) is 23.4. The molecule has 0 saturated carbocycles. The highest BCUT2D eigenvalue weighted by Crippen LogP contribution is 2.18. The minimum absolute atomic E-state index is 0.0519. The van der Waals surface area contributed by atoms with Crippen LogP contribution in [0, 0.1) is 17.5 Å². The zero-order valence-corrected chi connectivity index (χ0v) is 25.0. The Kier molecular flexibility index (Phi) is 11.1. The summed E-state index contributed by atoms with van der Waals surface area (Å²) in [7, 11) is -3.66. The summed E-state index contributed by atoms with van der Waals surface area (Å²) in [4.78, 5) is 17.3. The molecule has 1 amide bonds. The number of hydrogen-bond acceptors (Lipinski definition) is 7. The Morgan fingerprint density at radius 1 is 0.907 bits per heavy atom. The first-order valence-electron chi connectivity index (χ1n) is 13.6. The van der Waals surface area contributed by atoms with Gasteiger partial charge in [0.15, 0.2) is 9.84 Å². The van der Waals surface area contributed by atoms with Crippen molar-refractivity contribution in [3.63, 3.8) is 0 Å². The summed E-state index contributed by atoms with van der Waals surface area (Å²) in [5.74, 6) is -3.44. The molecule has 0 fully saturated rings. The number of benzene rings is 3. The largest absolute Gasteiger partial charge is 0.390 e. The van der Waals surface area contributed by atoms with Crippen LogP contribution >= 0.6 is 11.3 Å². The maximum atomic E-state index is 13.9. The third-order valence-corrected chi connectivity index (χ3v) is 9.19. The molecule has 0 aliphatic rings. The molecule has 4 rings (SSSR count). The summed E-state index contributed by atoms with van der Waals surface area (Å²) in [5, 5.41) is 18.5. The number of aliphatic hydroxyl groups excluding tert-OH is 1. The summed E-state index contributed by atoms with van der Waals surface area (Å²) in [6.45, 7) is 2.59. The third-order valence-electron chi connectivity index (χ3n) is 6.67. The van der Waals surface area contributed by atoms with E-state index in [2.05, 4.69) is 22.5 Å². The first-order valence-corrected chi connectivity index (χ1v) is 16.3. The van der Waals surface area contributed by atoms with Gasteiger partial charge in [0.05, 0.1) is 17.9 Å². The maximum absolute atomic E-state index is 13.9. The average Bonchev–Trinajstić information content (AvgIpc) is 3.41. The number of rotatable bonds is 14. The molecule has 0 saturated heterocycles. The van der Waals surface area contributed by atoms with Crippen molar-refractivity contribution in [2.75, 3.05) is 6.54 Å². The number of carbonyl (C=O) groups is 1. The SMILES string of the molecule is CCc1cccc(CNC[C@@H](O)[C@H](Cc2cc(F)cc(F)c2)NC(=O)c2csc(CS(=O)(=O)Cc3ccc(F)cc3)n2)c1. The van der Waals surface area contributed by atoms with Gasteiger partial charge in [0, 0.05) is 24.5 Å². The van der Waals surface area contributed by atoms with Gasteiger partial charge in [0.25, 0.3) is 5.91 Å². The van der Waals surface area contributed by atoms with E-state index >= 15 is 0 Å². The number of hydrogen-bond donors (Lipinski definition) is 3. The van der Waals surface area contributed by atoms with Crippen LogP contribution < -0.4 is 10.6 Å². The van der Waals surface area contributed by atoms with Crippen molar-refractivity contribution in [2.24, 2.45) is 0 Å². The van der Waals surface area contributed by atoms with Gasteiger partial charge in [-0.05, 0) is 59.4 Å². The molecule has 0 radical (unpaired) electrons. The number of amides is 1. The van der Waals surface area contributed by atoms with Gasteiger partial charge in [0.2, 0.25) is 0 Å². The van der Waals surface area contributed by atoms with E-state index in [-0.39, 0.29) is 35.0 Å². The lowest BCUT2D eigenvalue weighted by Gasteiger charge is -2.24. The molecule has 0 spiro atoms. The Hall–Kier alpha value is -3.58. The van der Waals surface area contributed by atoms with Crippen LogP contribution in [-0.2, 0) is 40.7 Å². The van der Waals surface area contributed by atoms with E-state index in [0.29, 0.717) is 12.1 Å². The lowest BCUT2D eigenvalue weighted by Crippen LogP contribution is -2.48. The van der Waals surface area contributed by atoms with Gasteiger partial charge in [-0.3, -0.25) is 4.79 Å². The third kappa shape index (κ3) is 9.99. The highest BCUT2D eigenvalue weighted by atomic mass is 32.2. The van der Waals surface area contributed by atoms with Gasteiger partial charge in [-0.2, -0.15) is 0 Å². The number of aromatic nitrogens is 1. The second kappa shape index (κ2) is 14.7. The average molecular weight is 632 g/mol. The van der Waals surface area contributed by atoms with E-state index in [0.717, 1.165) is 41.5 Å². The van der Waals surface area contributed by atoms with E-state index in [1.807, 2.05) is 24.3 Å². The van der Waals surface area contributed by atoms with Crippen molar-refractivity contribution in [3.8, 4) is 0 Å². The first kappa shape index (κ1) is 32.3. The molecule has 1 heterocycles. The predicted octanol–water partition coefficient (Wildman–Crippen LogP) is 4.73. The van der Waals surface area contributed by atoms with Crippen LogP contribution in [0.5, 0.6) is 0 Å². The molecule has 0 bridgehead atoms. The highest BCUT2D eigenvalue weighted by Gasteiger charge is 2.25. The van der Waals surface area contributed by atoms with Crippen LogP contribution in [0.25, 0.3) is 0 Å². The van der Waals surface area contributed by atoms with Gasteiger partial charge in [-0.1, -0.05) is 43.3 Å². The number of halogens is 3. The molecular formula is C31H32F3N3O4S2. The molecule has 12 heteroatoms. The number of carbonyl (C=O) groups excluding carboxylic acids is 1. The smallest absolute Gasteiger partial charge is 0.271 e. The number of thiazole rings is 1. The van der Waals surface area contributed by atoms with Crippen molar-refractivity contribution in [3.05, 3.63) is 123 Å². The molecule has 7 nitrogen and oxygen atoms in total. The molecule has 0 aliphatic carbocycles. The van der Waals surface area contributed by atoms with Crippen LogP contribution in [0.15, 0.2) is 72.1 Å². The van der Waals surface area contributed by atoms with Gasteiger partial charge in [-0.25, -0.2) is 26.6 Å². The van der Waals surface area contributed by atoms with Crippen LogP contribution in [0.3, 0.4) is 0 Å². The maximum Gasteiger partial charge on any atom is 0.271 e. The van der Waals surface area contributed by atoms with Gasteiger partial charge in [-0.15, -0.1) is 11.3 Å². The Labute approximate surface area is 252 Å². The molecular weight excluding hydrogens is 599 g/mol. The first-order chi connectivity index (χ1) is 20.5. The van der Waals surface area contributed by atoms with Crippen LogP contribution in [0.1, 0.15) is 44.7 Å². The minimum atomic E-state index is -3.66. The molecule has 3 aromatic carbocycles. The molecule has 2 atom stereocenters. The second-order valence-electron chi connectivity index (χ2n) is 10.2. The minimum Gasteiger partial charge on any atom is -0.390 e. The summed E-state index contributed by atoms with van der Waals surface area (Å²) >= 11 is 0.990. The molecule has 1 aromatic heterocycles. The fraction of sp³-hybridized carbons (Fsp3) is 0.290. The van der Waals surface area contributed by atoms with Crippen LogP contribution in [0.4, 0.5) is 13.2 Å². The summed E-state index contributed by atoms with van der Waals surface area (Å²) in [5.41, 5.74) is 2.80. The number of nitrogens with one attached hydrogen (secondary N) is 2. The van der Waals surface area contributed by atoms with Gasteiger partial charge < -0.3 is 15.7 Å². The lowest BCUT2D eigenvalue weighted by molar-refractivity contribution is 0.0825. The molecule has 3 N–H and O–H groups in total. The van der Waals surface area contributed by atoms with Crippen molar-refractivity contribution < 1.29 is 31.5 Å². The Morgan fingerprint density at radius 2 is 1.60 bits per heavy atom. The fourth-order valence-electron chi connectivity index (χ4n) is 4.53. The van der Waals surface area contributed by atoms with Crippen LogP contribution in [-0.4, -0.2) is 43.1 Å². The van der Waals surface area contributed by atoms with Crippen molar-refractivity contribution in [1.29, 1.82) is 0 Å². The van der Waals surface area contributed by atoms with E-state index in [4.69, 9.17) is 0 Å². The summed E-state index contributed by atoms with van der Waals surface area (Å²) < 4.78 is 66.2. The number of sulfone groups is 1. The zero-order chi connectivity index (χ0) is 31.0. The van der Waals surface area contributed by atoms with Crippen molar-refractivity contribution in [2.45, 2.75) is 50.0 Å². The normalized spacial score (nSPS) is 13.0. The second-order valence-corrected chi connectivity index (χ2v) is 13.2. The van der Waals surface area contributed by atoms with E-state index < -0.39 is 51.1 Å². The predicted molar refractivity (Wildman–Crippen MR) is 160 cm³/mol. The Morgan fingerprint density at radius 3 is 2.30 bits per heavy atom. The molecule has 4 aromatic rings. The van der Waals surface area contributed by atoms with E-state index in [9.17, 15) is 31.5 Å². The highest BCUT2D eigenvalue weighted by molar-refractivity contribution is 7.89. The van der Waals surface area contributed by atoms with Crippen LogP contribution in [0.2, 0.25) is 0 Å². The number of nitrogens with zero attached hydrogens (tertiary/aromatic N) is 1. The standard InChI is InChI=1S/C31H32F3N3O4S2/c1-2-20-4-3-5-22(10-20)15-35-16-29(38)27(13-23-11-25(33)14-26(34)12-23)37-31(39)28-17-42-30(36-28)19-43(40,41)18-21-6-8-24(32)9-7-21/h3-12,14,17,27,29,35,38H,2,13,15-16,18-19H2,1H3,(H,37,39)/t27-,29+/m0/s1. The Balaban J connectivity index is 1.43. The Bertz CT molecular complexity index is 1630. The fourth-order valence-corrected chi connectivity index (χ4v) is 7.14. The van der Waals surface area contributed by atoms with E-state index in [1.165, 1.54) is 35.2 Å². The van der Waals surface area contributed by atoms with Gasteiger partial charge >= 0.3 is 0 Å². The van der Waals surface area contributed by atoms with Crippen molar-refractivity contribution >= 4 is 27.1 Å². The monoisotopic (exact) mass is 631 g/mol.